The van der Waals surface area contributed by atoms with Gasteiger partial charge in [0.2, 0.25) is 0 Å². The van der Waals surface area contributed by atoms with Crippen LogP contribution in [0.25, 0.3) is 0 Å². The number of amides is 2. The van der Waals surface area contributed by atoms with Crippen molar-refractivity contribution in [1.29, 1.82) is 0 Å². The Morgan fingerprint density at radius 3 is 2.79 bits per heavy atom. The smallest absolute Gasteiger partial charge is 0.320 e. The number of urea groups is 1. The fourth-order valence-corrected chi connectivity index (χ4v) is 2.99. The van der Waals surface area contributed by atoms with E-state index in [9.17, 15) is 4.79 Å². The van der Waals surface area contributed by atoms with Gasteiger partial charge in [0, 0.05) is 18.9 Å². The molecule has 0 bridgehead atoms. The van der Waals surface area contributed by atoms with Crippen molar-refractivity contribution in [3.63, 3.8) is 0 Å². The molecular formula is C19H23N3O2. The average Bonchev–Trinajstić information content (AvgIpc) is 3.08. The first-order chi connectivity index (χ1) is 11.7. The zero-order valence-corrected chi connectivity index (χ0v) is 13.9. The van der Waals surface area contributed by atoms with Crippen LogP contribution in [0.15, 0.2) is 48.5 Å². The summed E-state index contributed by atoms with van der Waals surface area (Å²) in [7, 11) is 0. The number of aryl methyl sites for hydroxylation is 1. The SMILES string of the molecule is Cc1cccc(NC(=O)NC(CC2CCOC2)c2ccccc2)n1. The first-order valence-electron chi connectivity index (χ1n) is 8.34. The van der Waals surface area contributed by atoms with Crippen LogP contribution in [0, 0.1) is 12.8 Å². The summed E-state index contributed by atoms with van der Waals surface area (Å²) in [5, 5.41) is 5.90. The minimum absolute atomic E-state index is 0.0392. The van der Waals surface area contributed by atoms with Gasteiger partial charge < -0.3 is 10.1 Å². The van der Waals surface area contributed by atoms with E-state index in [1.54, 1.807) is 6.07 Å². The molecule has 2 atom stereocenters. The van der Waals surface area contributed by atoms with Crippen LogP contribution in [0.3, 0.4) is 0 Å². The van der Waals surface area contributed by atoms with Gasteiger partial charge in [-0.2, -0.15) is 0 Å². The van der Waals surface area contributed by atoms with Gasteiger partial charge in [0.25, 0.3) is 0 Å². The molecular weight excluding hydrogens is 302 g/mol. The third-order valence-electron chi connectivity index (χ3n) is 4.23. The van der Waals surface area contributed by atoms with Gasteiger partial charge in [0.1, 0.15) is 5.82 Å². The van der Waals surface area contributed by atoms with E-state index in [1.807, 2.05) is 49.4 Å². The predicted octanol–water partition coefficient (Wildman–Crippen LogP) is 3.68. The zero-order chi connectivity index (χ0) is 16.8. The second-order valence-electron chi connectivity index (χ2n) is 6.19. The van der Waals surface area contributed by atoms with Crippen LogP contribution in [0.5, 0.6) is 0 Å². The fourth-order valence-electron chi connectivity index (χ4n) is 2.99. The van der Waals surface area contributed by atoms with E-state index in [0.29, 0.717) is 11.7 Å². The molecule has 2 unspecified atom stereocenters. The predicted molar refractivity (Wildman–Crippen MR) is 93.9 cm³/mol. The van der Waals surface area contributed by atoms with Crippen LogP contribution in [0.4, 0.5) is 10.6 Å². The van der Waals surface area contributed by atoms with Crippen LogP contribution < -0.4 is 10.6 Å². The summed E-state index contributed by atoms with van der Waals surface area (Å²) < 4.78 is 5.47. The molecule has 1 saturated heterocycles. The number of nitrogens with zero attached hydrogens (tertiary/aromatic N) is 1. The van der Waals surface area contributed by atoms with Crippen molar-refractivity contribution in [3.8, 4) is 0 Å². The molecule has 24 heavy (non-hydrogen) atoms. The minimum Gasteiger partial charge on any atom is -0.381 e. The average molecular weight is 325 g/mol. The highest BCUT2D eigenvalue weighted by Crippen LogP contribution is 2.26. The van der Waals surface area contributed by atoms with Gasteiger partial charge in [-0.15, -0.1) is 0 Å². The van der Waals surface area contributed by atoms with Crippen LogP contribution in [0.2, 0.25) is 0 Å². The van der Waals surface area contributed by atoms with E-state index >= 15 is 0 Å². The zero-order valence-electron chi connectivity index (χ0n) is 13.9. The Labute approximate surface area is 142 Å². The summed E-state index contributed by atoms with van der Waals surface area (Å²) in [6, 6.07) is 15.4. The van der Waals surface area contributed by atoms with Crippen molar-refractivity contribution in [2.45, 2.75) is 25.8 Å². The van der Waals surface area contributed by atoms with Crippen molar-refractivity contribution in [2.24, 2.45) is 5.92 Å². The maximum Gasteiger partial charge on any atom is 0.320 e. The Morgan fingerprint density at radius 2 is 2.08 bits per heavy atom. The lowest BCUT2D eigenvalue weighted by Crippen LogP contribution is -2.34. The topological polar surface area (TPSA) is 63.2 Å². The van der Waals surface area contributed by atoms with Crippen LogP contribution in [-0.2, 0) is 4.74 Å². The van der Waals surface area contributed by atoms with Crippen molar-refractivity contribution >= 4 is 11.8 Å². The van der Waals surface area contributed by atoms with E-state index in [1.165, 1.54) is 0 Å². The molecule has 0 aliphatic carbocycles. The first kappa shape index (κ1) is 16.5. The lowest BCUT2D eigenvalue weighted by Gasteiger charge is -2.22. The largest absolute Gasteiger partial charge is 0.381 e. The molecule has 5 nitrogen and oxygen atoms in total. The maximum absolute atomic E-state index is 12.4. The number of ether oxygens (including phenoxy) is 1. The van der Waals surface area contributed by atoms with Crippen molar-refractivity contribution < 1.29 is 9.53 Å². The lowest BCUT2D eigenvalue weighted by molar-refractivity contribution is 0.181. The number of hydrogen-bond acceptors (Lipinski definition) is 3. The van der Waals surface area contributed by atoms with Gasteiger partial charge in [-0.1, -0.05) is 36.4 Å². The number of aromatic nitrogens is 1. The molecule has 0 spiro atoms. The molecule has 2 heterocycles. The van der Waals surface area contributed by atoms with Gasteiger partial charge in [-0.3, -0.25) is 5.32 Å². The summed E-state index contributed by atoms with van der Waals surface area (Å²) in [5.74, 6) is 1.04. The summed E-state index contributed by atoms with van der Waals surface area (Å²) >= 11 is 0. The molecule has 2 aromatic rings. The molecule has 126 valence electrons. The molecule has 2 N–H and O–H groups in total. The van der Waals surface area contributed by atoms with Gasteiger partial charge in [-0.05, 0) is 43.4 Å². The third-order valence-corrected chi connectivity index (χ3v) is 4.23. The molecule has 5 heteroatoms. The highest BCUT2D eigenvalue weighted by Gasteiger charge is 2.23. The maximum atomic E-state index is 12.4. The Morgan fingerprint density at radius 1 is 1.25 bits per heavy atom. The van der Waals surface area contributed by atoms with Gasteiger partial charge in [0.15, 0.2) is 0 Å². The molecule has 0 radical (unpaired) electrons. The Bertz CT molecular complexity index is 669. The third kappa shape index (κ3) is 4.55. The lowest BCUT2D eigenvalue weighted by atomic mass is 9.94. The van der Waals surface area contributed by atoms with E-state index in [2.05, 4.69) is 15.6 Å². The summed E-state index contributed by atoms with van der Waals surface area (Å²) in [6.07, 6.45) is 1.92. The Kier molecular flexibility index (Phi) is 5.43. The standard InChI is InChI=1S/C19H23N3O2/c1-14-6-5-9-18(20-14)22-19(23)21-17(12-15-10-11-24-13-15)16-7-3-2-4-8-16/h2-9,15,17H,10-13H2,1H3,(H2,20,21,22,23). The number of pyridine rings is 1. The number of nitrogens with one attached hydrogen (secondary N) is 2. The molecule has 1 fully saturated rings. The summed E-state index contributed by atoms with van der Waals surface area (Å²) in [5.41, 5.74) is 1.98. The molecule has 1 aliphatic rings. The van der Waals surface area contributed by atoms with Crippen molar-refractivity contribution in [2.75, 3.05) is 18.5 Å². The quantitative estimate of drug-likeness (QED) is 0.881. The van der Waals surface area contributed by atoms with Gasteiger partial charge >= 0.3 is 6.03 Å². The number of hydrogen-bond donors (Lipinski definition) is 2. The number of anilines is 1. The van der Waals surface area contributed by atoms with Crippen molar-refractivity contribution in [3.05, 3.63) is 59.8 Å². The van der Waals surface area contributed by atoms with Gasteiger partial charge in [0.05, 0.1) is 6.04 Å². The number of benzene rings is 1. The first-order valence-corrected chi connectivity index (χ1v) is 8.34. The summed E-state index contributed by atoms with van der Waals surface area (Å²) in [4.78, 5) is 16.7. The number of rotatable bonds is 5. The molecule has 0 saturated carbocycles. The number of carbonyl (C=O) groups excluding carboxylic acids is 1. The van der Waals surface area contributed by atoms with E-state index in [0.717, 1.165) is 37.3 Å². The molecule has 2 amide bonds. The van der Waals surface area contributed by atoms with Crippen LogP contribution in [-0.4, -0.2) is 24.2 Å². The minimum atomic E-state index is -0.235. The Balaban J connectivity index is 1.67. The molecule has 1 aliphatic heterocycles. The molecule has 1 aromatic carbocycles. The van der Waals surface area contributed by atoms with E-state index in [4.69, 9.17) is 4.74 Å². The molecule has 3 rings (SSSR count). The highest BCUT2D eigenvalue weighted by atomic mass is 16.5. The van der Waals surface area contributed by atoms with Gasteiger partial charge in [-0.25, -0.2) is 9.78 Å². The fraction of sp³-hybridized carbons (Fsp3) is 0.368. The van der Waals surface area contributed by atoms with Crippen LogP contribution in [0.1, 0.15) is 30.1 Å². The van der Waals surface area contributed by atoms with Crippen LogP contribution >= 0.6 is 0 Å². The monoisotopic (exact) mass is 325 g/mol. The summed E-state index contributed by atoms with van der Waals surface area (Å²) in [6.45, 7) is 3.48. The molecule has 1 aromatic heterocycles. The van der Waals surface area contributed by atoms with E-state index in [-0.39, 0.29) is 12.1 Å². The Hall–Kier alpha value is -2.40. The second kappa shape index (κ2) is 7.93. The van der Waals surface area contributed by atoms with E-state index < -0.39 is 0 Å². The normalized spacial score (nSPS) is 18.1. The van der Waals surface area contributed by atoms with Crippen molar-refractivity contribution in [1.82, 2.24) is 10.3 Å². The second-order valence-corrected chi connectivity index (χ2v) is 6.19. The highest BCUT2D eigenvalue weighted by molar-refractivity contribution is 5.88. The number of carbonyl (C=O) groups is 1.